The first-order chi connectivity index (χ1) is 10.7. The largest absolute Gasteiger partial charge is 0.441 e. The van der Waals surface area contributed by atoms with Crippen molar-refractivity contribution >= 4 is 17.0 Å². The zero-order chi connectivity index (χ0) is 15.4. The zero-order valence-electron chi connectivity index (χ0n) is 12.5. The van der Waals surface area contributed by atoms with Gasteiger partial charge in [0.2, 0.25) is 5.91 Å². The molecular weight excluding hydrogens is 276 g/mol. The lowest BCUT2D eigenvalue weighted by Crippen LogP contribution is -2.27. The summed E-state index contributed by atoms with van der Waals surface area (Å²) in [5.41, 5.74) is 3.82. The summed E-state index contributed by atoms with van der Waals surface area (Å²) < 4.78 is 5.62. The first kappa shape index (κ1) is 14.3. The highest BCUT2D eigenvalue weighted by atomic mass is 16.3. The fourth-order valence-electron chi connectivity index (χ4n) is 2.41. The fraction of sp³-hybridized carbons (Fsp3) is 0.222. The number of aromatic nitrogens is 1. The lowest BCUT2D eigenvalue weighted by molar-refractivity contribution is -0.120. The first-order valence-corrected chi connectivity index (χ1v) is 7.37. The molecule has 0 fully saturated rings. The molecule has 4 heteroatoms. The summed E-state index contributed by atoms with van der Waals surface area (Å²) in [6.45, 7) is 2.55. The second-order valence-corrected chi connectivity index (χ2v) is 5.34. The van der Waals surface area contributed by atoms with Gasteiger partial charge in [-0.3, -0.25) is 4.79 Å². The van der Waals surface area contributed by atoms with Crippen molar-refractivity contribution in [3.8, 4) is 0 Å². The van der Waals surface area contributed by atoms with E-state index in [0.717, 1.165) is 22.2 Å². The highest BCUT2D eigenvalue weighted by Gasteiger charge is 2.07. The maximum atomic E-state index is 11.9. The van der Waals surface area contributed by atoms with Crippen molar-refractivity contribution in [2.24, 2.45) is 0 Å². The van der Waals surface area contributed by atoms with Gasteiger partial charge in [-0.05, 0) is 24.6 Å². The number of aryl methyl sites for hydroxylation is 1. The first-order valence-electron chi connectivity index (χ1n) is 7.37. The van der Waals surface area contributed by atoms with Crippen LogP contribution in [0.4, 0.5) is 0 Å². The molecule has 4 nitrogen and oxygen atoms in total. The number of amides is 1. The number of oxazole rings is 1. The number of carbonyl (C=O) groups is 1. The van der Waals surface area contributed by atoms with Crippen LogP contribution in [0.2, 0.25) is 0 Å². The van der Waals surface area contributed by atoms with Crippen LogP contribution in [0.1, 0.15) is 17.0 Å². The Morgan fingerprint density at radius 1 is 1.18 bits per heavy atom. The number of hydrogen-bond acceptors (Lipinski definition) is 3. The molecule has 0 aliphatic rings. The summed E-state index contributed by atoms with van der Waals surface area (Å²) >= 11 is 0. The van der Waals surface area contributed by atoms with Crippen molar-refractivity contribution in [2.75, 3.05) is 6.54 Å². The molecule has 22 heavy (non-hydrogen) atoms. The van der Waals surface area contributed by atoms with Gasteiger partial charge in [-0.2, -0.15) is 0 Å². The topological polar surface area (TPSA) is 55.1 Å². The molecule has 0 saturated heterocycles. The number of nitrogens with zero attached hydrogens (tertiary/aromatic N) is 1. The molecule has 0 unspecified atom stereocenters. The molecule has 2 aromatic carbocycles. The minimum atomic E-state index is 0.0155. The van der Waals surface area contributed by atoms with Crippen LogP contribution in [0.3, 0.4) is 0 Å². The lowest BCUT2D eigenvalue weighted by Gasteiger charge is -2.04. The van der Waals surface area contributed by atoms with Gasteiger partial charge in [0.1, 0.15) is 5.52 Å². The standard InChI is InChI=1S/C18H18N2O2/c1-13-5-4-6-14(11-13)12-17(21)19-10-9-18-20-15-7-2-3-8-16(15)22-18/h2-8,11H,9-10,12H2,1H3,(H,19,21). The van der Waals surface area contributed by atoms with Crippen LogP contribution >= 0.6 is 0 Å². The van der Waals surface area contributed by atoms with E-state index in [9.17, 15) is 4.79 Å². The van der Waals surface area contributed by atoms with Gasteiger partial charge in [-0.25, -0.2) is 4.98 Å². The maximum Gasteiger partial charge on any atom is 0.224 e. The minimum Gasteiger partial charge on any atom is -0.441 e. The van der Waals surface area contributed by atoms with Gasteiger partial charge in [0.15, 0.2) is 11.5 Å². The Hall–Kier alpha value is -2.62. The van der Waals surface area contributed by atoms with E-state index in [4.69, 9.17) is 4.42 Å². The number of fused-ring (bicyclic) bond motifs is 1. The van der Waals surface area contributed by atoms with Gasteiger partial charge in [-0.15, -0.1) is 0 Å². The second-order valence-electron chi connectivity index (χ2n) is 5.34. The fourth-order valence-corrected chi connectivity index (χ4v) is 2.41. The molecular formula is C18H18N2O2. The van der Waals surface area contributed by atoms with Gasteiger partial charge in [0.05, 0.1) is 6.42 Å². The van der Waals surface area contributed by atoms with Crippen molar-refractivity contribution < 1.29 is 9.21 Å². The Bertz CT molecular complexity index is 759. The van der Waals surface area contributed by atoms with Gasteiger partial charge in [0, 0.05) is 13.0 Å². The summed E-state index contributed by atoms with van der Waals surface area (Å²) in [6, 6.07) is 15.6. The molecule has 112 valence electrons. The number of para-hydroxylation sites is 2. The molecule has 1 N–H and O–H groups in total. The molecule has 3 rings (SSSR count). The highest BCUT2D eigenvalue weighted by molar-refractivity contribution is 5.78. The van der Waals surface area contributed by atoms with E-state index in [0.29, 0.717) is 25.3 Å². The Kier molecular flexibility index (Phi) is 4.19. The third-order valence-corrected chi connectivity index (χ3v) is 3.45. The van der Waals surface area contributed by atoms with E-state index in [1.807, 2.05) is 55.5 Å². The van der Waals surface area contributed by atoms with Crippen LogP contribution in [-0.2, 0) is 17.6 Å². The molecule has 1 heterocycles. The van der Waals surface area contributed by atoms with Crippen molar-refractivity contribution in [2.45, 2.75) is 19.8 Å². The zero-order valence-corrected chi connectivity index (χ0v) is 12.5. The SMILES string of the molecule is Cc1cccc(CC(=O)NCCc2nc3ccccc3o2)c1. The number of benzene rings is 2. The molecule has 0 aliphatic carbocycles. The number of carbonyl (C=O) groups excluding carboxylic acids is 1. The number of hydrogen-bond donors (Lipinski definition) is 1. The van der Waals surface area contributed by atoms with Crippen molar-refractivity contribution in [1.29, 1.82) is 0 Å². The van der Waals surface area contributed by atoms with Crippen LogP contribution in [-0.4, -0.2) is 17.4 Å². The number of rotatable bonds is 5. The Balaban J connectivity index is 1.51. The van der Waals surface area contributed by atoms with Crippen molar-refractivity contribution in [1.82, 2.24) is 10.3 Å². The van der Waals surface area contributed by atoms with Gasteiger partial charge in [0.25, 0.3) is 0 Å². The van der Waals surface area contributed by atoms with Gasteiger partial charge < -0.3 is 9.73 Å². The summed E-state index contributed by atoms with van der Waals surface area (Å²) in [5, 5.41) is 2.90. The van der Waals surface area contributed by atoms with E-state index >= 15 is 0 Å². The smallest absolute Gasteiger partial charge is 0.224 e. The van der Waals surface area contributed by atoms with Gasteiger partial charge in [-0.1, -0.05) is 42.0 Å². The average Bonchev–Trinajstić information content (AvgIpc) is 2.90. The molecule has 0 aliphatic heterocycles. The molecule has 3 aromatic rings. The molecule has 1 aromatic heterocycles. The van der Waals surface area contributed by atoms with Crippen LogP contribution in [0.25, 0.3) is 11.1 Å². The van der Waals surface area contributed by atoms with Crippen LogP contribution < -0.4 is 5.32 Å². The van der Waals surface area contributed by atoms with Crippen LogP contribution in [0.15, 0.2) is 52.9 Å². The minimum absolute atomic E-state index is 0.0155. The Morgan fingerprint density at radius 3 is 2.86 bits per heavy atom. The molecule has 1 amide bonds. The van der Waals surface area contributed by atoms with E-state index < -0.39 is 0 Å². The predicted molar refractivity (Wildman–Crippen MR) is 85.6 cm³/mol. The summed E-state index contributed by atoms with van der Waals surface area (Å²) in [7, 11) is 0. The molecule has 0 atom stereocenters. The molecule has 0 radical (unpaired) electrons. The number of nitrogens with one attached hydrogen (secondary N) is 1. The highest BCUT2D eigenvalue weighted by Crippen LogP contribution is 2.14. The van der Waals surface area contributed by atoms with Crippen molar-refractivity contribution in [3.05, 3.63) is 65.5 Å². The average molecular weight is 294 g/mol. The second kappa shape index (κ2) is 6.43. The van der Waals surface area contributed by atoms with Crippen molar-refractivity contribution in [3.63, 3.8) is 0 Å². The van der Waals surface area contributed by atoms with Gasteiger partial charge >= 0.3 is 0 Å². The summed E-state index contributed by atoms with van der Waals surface area (Å²) in [6.07, 6.45) is 0.990. The van der Waals surface area contributed by atoms with E-state index in [2.05, 4.69) is 10.3 Å². The molecule has 0 bridgehead atoms. The van der Waals surface area contributed by atoms with E-state index in [-0.39, 0.29) is 5.91 Å². The monoisotopic (exact) mass is 294 g/mol. The Labute approximate surface area is 129 Å². The van der Waals surface area contributed by atoms with E-state index in [1.165, 1.54) is 0 Å². The quantitative estimate of drug-likeness (QED) is 0.787. The summed E-state index contributed by atoms with van der Waals surface area (Å²) in [5.74, 6) is 0.666. The maximum absolute atomic E-state index is 11.9. The Morgan fingerprint density at radius 2 is 2.05 bits per heavy atom. The summed E-state index contributed by atoms with van der Waals surface area (Å²) in [4.78, 5) is 16.3. The lowest BCUT2D eigenvalue weighted by atomic mass is 10.1. The molecule has 0 spiro atoms. The molecule has 0 saturated carbocycles. The normalized spacial score (nSPS) is 10.8. The van der Waals surface area contributed by atoms with Crippen LogP contribution in [0.5, 0.6) is 0 Å². The third kappa shape index (κ3) is 3.52. The van der Waals surface area contributed by atoms with E-state index in [1.54, 1.807) is 0 Å². The third-order valence-electron chi connectivity index (χ3n) is 3.45. The van der Waals surface area contributed by atoms with Crippen LogP contribution in [0, 0.1) is 6.92 Å². The predicted octanol–water partition coefficient (Wildman–Crippen LogP) is 3.04.